The molecule has 0 unspecified atom stereocenters. The Labute approximate surface area is 157 Å². The van der Waals surface area contributed by atoms with Crippen molar-refractivity contribution >= 4 is 11.7 Å². The summed E-state index contributed by atoms with van der Waals surface area (Å²) in [5.74, 6) is -1.25. The number of hydrogen-bond donors (Lipinski definition) is 2. The van der Waals surface area contributed by atoms with Gasteiger partial charge in [-0.3, -0.25) is 14.5 Å². The van der Waals surface area contributed by atoms with Crippen LogP contribution in [0.2, 0.25) is 0 Å². The van der Waals surface area contributed by atoms with E-state index >= 15 is 0 Å². The van der Waals surface area contributed by atoms with E-state index in [1.54, 1.807) is 12.1 Å². The molecule has 2 N–H and O–H groups in total. The van der Waals surface area contributed by atoms with Crippen LogP contribution >= 0.6 is 0 Å². The molecule has 0 bridgehead atoms. The molecule has 1 amide bonds. The van der Waals surface area contributed by atoms with Gasteiger partial charge in [0.25, 0.3) is 5.91 Å². The molecule has 0 radical (unpaired) electrons. The maximum atomic E-state index is 12.6. The Morgan fingerprint density at radius 3 is 2.59 bits per heavy atom. The molecule has 1 saturated heterocycles. The number of phenolic OH excluding ortho intramolecular Hbond substituents is 1. The zero-order chi connectivity index (χ0) is 19.6. The van der Waals surface area contributed by atoms with Gasteiger partial charge in [-0.25, -0.2) is 0 Å². The number of aliphatic hydroxyl groups is 1. The predicted molar refractivity (Wildman–Crippen MR) is 96.7 cm³/mol. The van der Waals surface area contributed by atoms with Gasteiger partial charge >= 0.3 is 0 Å². The summed E-state index contributed by atoms with van der Waals surface area (Å²) in [7, 11) is 1.42. The lowest BCUT2D eigenvalue weighted by molar-refractivity contribution is -0.129. The van der Waals surface area contributed by atoms with Gasteiger partial charge in [0.2, 0.25) is 0 Å². The quantitative estimate of drug-likeness (QED) is 0.765. The average Bonchev–Trinajstić information content (AvgIpc) is 2.92. The van der Waals surface area contributed by atoms with Crippen LogP contribution < -0.4 is 4.74 Å². The molecule has 1 atom stereocenters. The van der Waals surface area contributed by atoms with Crippen molar-refractivity contribution < 1.29 is 29.3 Å². The van der Waals surface area contributed by atoms with Crippen LogP contribution in [0.1, 0.15) is 18.5 Å². The molecule has 1 aromatic carbocycles. The number of Topliss-reactive ketones (excluding diaryl/α,β-unsaturated/α-hetero) is 1. The Bertz CT molecular complexity index is 769. The Morgan fingerprint density at radius 1 is 1.26 bits per heavy atom. The molecule has 27 heavy (non-hydrogen) atoms. The first-order chi connectivity index (χ1) is 12.9. The lowest BCUT2D eigenvalue weighted by Gasteiger charge is -2.31. The molecule has 0 spiro atoms. The molecule has 1 aromatic rings. The summed E-state index contributed by atoms with van der Waals surface area (Å²) in [5.41, 5.74) is 0.656. The van der Waals surface area contributed by atoms with Gasteiger partial charge in [0.1, 0.15) is 0 Å². The number of aromatic hydroxyl groups is 1. The molecule has 146 valence electrons. The minimum Gasteiger partial charge on any atom is -0.504 e. The number of hydrogen-bond acceptors (Lipinski definition) is 7. The number of rotatable bonds is 6. The molecule has 2 aliphatic heterocycles. The van der Waals surface area contributed by atoms with E-state index in [1.165, 1.54) is 25.0 Å². The molecule has 0 saturated carbocycles. The van der Waals surface area contributed by atoms with Crippen LogP contribution in [-0.2, 0) is 14.3 Å². The number of methoxy groups -OCH3 is 1. The van der Waals surface area contributed by atoms with Gasteiger partial charge in [0, 0.05) is 26.2 Å². The fraction of sp³-hybridized carbons (Fsp3) is 0.474. The number of ether oxygens (including phenoxy) is 2. The third kappa shape index (κ3) is 3.77. The van der Waals surface area contributed by atoms with Gasteiger partial charge in [-0.05, 0) is 24.6 Å². The Balaban J connectivity index is 1.91. The third-order valence-corrected chi connectivity index (χ3v) is 4.96. The number of nitrogens with zero attached hydrogens (tertiary/aromatic N) is 2. The van der Waals surface area contributed by atoms with Crippen molar-refractivity contribution in [3.05, 3.63) is 35.1 Å². The molecule has 0 aromatic heterocycles. The van der Waals surface area contributed by atoms with E-state index in [-0.39, 0.29) is 22.9 Å². The first-order valence-corrected chi connectivity index (χ1v) is 8.86. The van der Waals surface area contributed by atoms with Gasteiger partial charge in [-0.1, -0.05) is 6.07 Å². The summed E-state index contributed by atoms with van der Waals surface area (Å²) in [6.07, 6.45) is 0. The summed E-state index contributed by atoms with van der Waals surface area (Å²) in [6.45, 7) is 5.14. The van der Waals surface area contributed by atoms with E-state index in [0.29, 0.717) is 31.9 Å². The highest BCUT2D eigenvalue weighted by molar-refractivity contribution is 6.08. The van der Waals surface area contributed by atoms with Crippen molar-refractivity contribution in [1.82, 2.24) is 9.80 Å². The lowest BCUT2D eigenvalue weighted by Crippen LogP contribution is -2.43. The number of benzene rings is 1. The topological polar surface area (TPSA) is 99.5 Å². The van der Waals surface area contributed by atoms with Gasteiger partial charge in [-0.2, -0.15) is 0 Å². The third-order valence-electron chi connectivity index (χ3n) is 4.96. The Morgan fingerprint density at radius 2 is 1.96 bits per heavy atom. The number of ketones is 1. The summed E-state index contributed by atoms with van der Waals surface area (Å²) in [6, 6.07) is 3.94. The maximum Gasteiger partial charge on any atom is 0.290 e. The van der Waals surface area contributed by atoms with Crippen molar-refractivity contribution in [1.29, 1.82) is 0 Å². The summed E-state index contributed by atoms with van der Waals surface area (Å²) in [4.78, 5) is 28.5. The summed E-state index contributed by atoms with van der Waals surface area (Å²) < 4.78 is 10.5. The molecular weight excluding hydrogens is 352 g/mol. The lowest BCUT2D eigenvalue weighted by atomic mass is 9.96. The van der Waals surface area contributed by atoms with Crippen LogP contribution in [0.3, 0.4) is 0 Å². The molecule has 1 fully saturated rings. The molecule has 8 heteroatoms. The van der Waals surface area contributed by atoms with Crippen LogP contribution in [0.5, 0.6) is 11.5 Å². The Kier molecular flexibility index (Phi) is 5.67. The number of aliphatic hydroxyl groups excluding tert-OH is 1. The average molecular weight is 376 g/mol. The van der Waals surface area contributed by atoms with E-state index in [1.807, 2.05) is 0 Å². The van der Waals surface area contributed by atoms with Crippen molar-refractivity contribution in [2.75, 3.05) is 46.5 Å². The maximum absolute atomic E-state index is 12.6. The van der Waals surface area contributed by atoms with Crippen molar-refractivity contribution in [3.8, 4) is 11.5 Å². The second-order valence-corrected chi connectivity index (χ2v) is 6.60. The number of carbonyl (C=O) groups excluding carboxylic acids is 2. The normalized spacial score (nSPS) is 21.0. The number of morpholine rings is 1. The standard InChI is InChI=1S/C19H24N2O6/c1-12(22)16-17(13-3-4-14(23)15(11-13)26-2)21(19(25)18(16)24)6-5-20-7-9-27-10-8-20/h3-4,11,17,23-24H,5-10H2,1-2H3/t17-/m1/s1. The first-order valence-electron chi connectivity index (χ1n) is 8.86. The van der Waals surface area contributed by atoms with Gasteiger partial charge in [0.05, 0.1) is 31.9 Å². The van der Waals surface area contributed by atoms with Crippen molar-refractivity contribution in [3.63, 3.8) is 0 Å². The molecular formula is C19H24N2O6. The SMILES string of the molecule is COc1cc([C@@H]2C(C(C)=O)=C(O)C(=O)N2CCN2CCOCC2)ccc1O. The highest BCUT2D eigenvalue weighted by Gasteiger charge is 2.42. The Hall–Kier alpha value is -2.58. The molecule has 2 aliphatic rings. The highest BCUT2D eigenvalue weighted by atomic mass is 16.5. The molecule has 2 heterocycles. The minimum atomic E-state index is -0.717. The van der Waals surface area contributed by atoms with E-state index < -0.39 is 17.7 Å². The van der Waals surface area contributed by atoms with Crippen LogP contribution in [0.25, 0.3) is 0 Å². The first kappa shape index (κ1) is 19.2. The van der Waals surface area contributed by atoms with E-state index in [4.69, 9.17) is 9.47 Å². The highest BCUT2D eigenvalue weighted by Crippen LogP contribution is 2.40. The van der Waals surface area contributed by atoms with Crippen LogP contribution in [-0.4, -0.2) is 78.2 Å². The fourth-order valence-electron chi connectivity index (χ4n) is 3.53. The molecule has 3 rings (SSSR count). The van der Waals surface area contributed by atoms with Gasteiger partial charge in [-0.15, -0.1) is 0 Å². The van der Waals surface area contributed by atoms with Crippen LogP contribution in [0.15, 0.2) is 29.5 Å². The number of phenols is 1. The monoisotopic (exact) mass is 376 g/mol. The number of amides is 1. The van der Waals surface area contributed by atoms with Crippen molar-refractivity contribution in [2.45, 2.75) is 13.0 Å². The second-order valence-electron chi connectivity index (χ2n) is 6.60. The number of carbonyl (C=O) groups is 2. The van der Waals surface area contributed by atoms with Crippen molar-refractivity contribution in [2.24, 2.45) is 0 Å². The smallest absolute Gasteiger partial charge is 0.290 e. The van der Waals surface area contributed by atoms with Crippen LogP contribution in [0, 0.1) is 0 Å². The summed E-state index contributed by atoms with van der Waals surface area (Å²) in [5, 5.41) is 20.1. The zero-order valence-corrected chi connectivity index (χ0v) is 15.5. The van der Waals surface area contributed by atoms with Crippen LogP contribution in [0.4, 0.5) is 0 Å². The van der Waals surface area contributed by atoms with E-state index in [9.17, 15) is 19.8 Å². The summed E-state index contributed by atoms with van der Waals surface area (Å²) >= 11 is 0. The minimum absolute atomic E-state index is 0.0389. The van der Waals surface area contributed by atoms with Gasteiger partial charge < -0.3 is 24.6 Å². The largest absolute Gasteiger partial charge is 0.504 e. The zero-order valence-electron chi connectivity index (χ0n) is 15.5. The fourth-order valence-corrected chi connectivity index (χ4v) is 3.53. The predicted octanol–water partition coefficient (Wildman–Crippen LogP) is 1.02. The van der Waals surface area contributed by atoms with E-state index in [2.05, 4.69) is 4.90 Å². The molecule has 0 aliphatic carbocycles. The van der Waals surface area contributed by atoms with Gasteiger partial charge in [0.15, 0.2) is 23.0 Å². The van der Waals surface area contributed by atoms with E-state index in [0.717, 1.165) is 13.1 Å². The second kappa shape index (κ2) is 7.98. The molecule has 8 nitrogen and oxygen atoms in total.